The first kappa shape index (κ1) is 20.0. The lowest BCUT2D eigenvalue weighted by molar-refractivity contribution is 0.121. The fourth-order valence-electron chi connectivity index (χ4n) is 4.83. The Balaban J connectivity index is 1.23. The zero-order valence-corrected chi connectivity index (χ0v) is 17.7. The topological polar surface area (TPSA) is 78.0 Å². The minimum Gasteiger partial charge on any atom is -0.305 e. The number of nitrogens with zero attached hydrogens (tertiary/aromatic N) is 5. The first-order valence-corrected chi connectivity index (χ1v) is 11.1. The third kappa shape index (κ3) is 4.73. The quantitative estimate of drug-likeness (QED) is 0.689. The highest BCUT2D eigenvalue weighted by molar-refractivity contribution is 5.47. The van der Waals surface area contributed by atoms with Crippen LogP contribution in [0.25, 0.3) is 11.5 Å². The van der Waals surface area contributed by atoms with Crippen LogP contribution in [0.15, 0.2) is 53.7 Å². The van der Waals surface area contributed by atoms with Crippen LogP contribution in [0.1, 0.15) is 29.7 Å². The van der Waals surface area contributed by atoms with E-state index in [0.29, 0.717) is 24.0 Å². The minimum absolute atomic E-state index is 0.0512. The van der Waals surface area contributed by atoms with Crippen molar-refractivity contribution in [2.45, 2.75) is 32.4 Å². The molecule has 1 fully saturated rings. The molecule has 31 heavy (non-hydrogen) atoms. The Morgan fingerprint density at radius 2 is 2.00 bits per heavy atom. The molecule has 1 atom stereocenters. The van der Waals surface area contributed by atoms with Crippen LogP contribution < -0.4 is 5.56 Å². The summed E-state index contributed by atoms with van der Waals surface area (Å²) < 4.78 is 0. The second kappa shape index (κ2) is 9.08. The van der Waals surface area contributed by atoms with Gasteiger partial charge in [-0.05, 0) is 30.9 Å². The van der Waals surface area contributed by atoms with Crippen molar-refractivity contribution in [3.05, 3.63) is 76.1 Å². The summed E-state index contributed by atoms with van der Waals surface area (Å²) in [5, 5.41) is 0. The lowest BCUT2D eigenvalue weighted by Gasteiger charge is -2.37. The molecule has 1 N–H and O–H groups in total. The first-order valence-electron chi connectivity index (χ1n) is 11.1. The van der Waals surface area contributed by atoms with Crippen LogP contribution in [-0.4, -0.2) is 55.9 Å². The molecule has 7 nitrogen and oxygen atoms in total. The summed E-state index contributed by atoms with van der Waals surface area (Å²) in [6.45, 7) is 5.97. The van der Waals surface area contributed by atoms with E-state index in [1.54, 1.807) is 18.6 Å². The number of likely N-dealkylation sites (tertiary alicyclic amines) is 1. The molecule has 0 amide bonds. The number of nitrogens with one attached hydrogen (secondary N) is 1. The smallest absolute Gasteiger partial charge is 0.255 e. The number of hydrogen-bond acceptors (Lipinski definition) is 6. The Labute approximate surface area is 182 Å². The minimum atomic E-state index is -0.0512. The molecule has 5 rings (SSSR count). The molecule has 0 bridgehead atoms. The SMILES string of the molecule is O=c1[nH]c(-c2cnccn2)nc2c1CN(C[C@@H]1CCCN(Cc3ccccc3)C1)CC2. The molecule has 2 aromatic heterocycles. The van der Waals surface area contributed by atoms with Gasteiger partial charge in [0.15, 0.2) is 5.82 Å². The van der Waals surface area contributed by atoms with Gasteiger partial charge in [0.25, 0.3) is 5.56 Å². The van der Waals surface area contributed by atoms with Crippen LogP contribution in [0.3, 0.4) is 0 Å². The predicted molar refractivity (Wildman–Crippen MR) is 119 cm³/mol. The summed E-state index contributed by atoms with van der Waals surface area (Å²) in [5.74, 6) is 1.15. The average Bonchev–Trinajstić information content (AvgIpc) is 2.81. The monoisotopic (exact) mass is 416 g/mol. The maximum atomic E-state index is 12.8. The molecule has 4 heterocycles. The van der Waals surface area contributed by atoms with E-state index in [1.165, 1.54) is 24.9 Å². The van der Waals surface area contributed by atoms with E-state index in [0.717, 1.165) is 43.9 Å². The van der Waals surface area contributed by atoms with Gasteiger partial charge in [0.05, 0.1) is 17.5 Å². The van der Waals surface area contributed by atoms with E-state index >= 15 is 0 Å². The number of aromatic nitrogens is 4. The molecule has 1 aromatic carbocycles. The number of H-pyrrole nitrogens is 1. The Morgan fingerprint density at radius 3 is 2.84 bits per heavy atom. The highest BCUT2D eigenvalue weighted by Crippen LogP contribution is 2.23. The van der Waals surface area contributed by atoms with Gasteiger partial charge in [-0.15, -0.1) is 0 Å². The van der Waals surface area contributed by atoms with Crippen molar-refractivity contribution >= 4 is 0 Å². The maximum Gasteiger partial charge on any atom is 0.255 e. The van der Waals surface area contributed by atoms with E-state index in [9.17, 15) is 4.79 Å². The number of fused-ring (bicyclic) bond motifs is 1. The normalized spacial score (nSPS) is 19.8. The molecule has 0 radical (unpaired) electrons. The highest BCUT2D eigenvalue weighted by atomic mass is 16.1. The van der Waals surface area contributed by atoms with Gasteiger partial charge in [-0.1, -0.05) is 30.3 Å². The van der Waals surface area contributed by atoms with Crippen molar-refractivity contribution in [3.63, 3.8) is 0 Å². The second-order valence-corrected chi connectivity index (χ2v) is 8.64. The molecule has 0 unspecified atom stereocenters. The van der Waals surface area contributed by atoms with E-state index in [-0.39, 0.29) is 5.56 Å². The lowest BCUT2D eigenvalue weighted by atomic mass is 9.95. The fraction of sp³-hybridized carbons (Fsp3) is 0.417. The molecule has 0 saturated carbocycles. The van der Waals surface area contributed by atoms with Gasteiger partial charge in [-0.2, -0.15) is 0 Å². The standard InChI is InChI=1S/C24H28N6O/c31-24-20-17-30(12-8-21(20)27-23(28-24)22-13-25-9-10-26-22)16-19-7-4-11-29(15-19)14-18-5-2-1-3-6-18/h1-3,5-6,9-10,13,19H,4,7-8,11-12,14-17H2,(H,27,28,31)/t19-/m1/s1. The largest absolute Gasteiger partial charge is 0.305 e. The van der Waals surface area contributed by atoms with Gasteiger partial charge in [-0.25, -0.2) is 9.97 Å². The van der Waals surface area contributed by atoms with Gasteiger partial charge in [0.1, 0.15) is 5.69 Å². The molecule has 160 valence electrons. The Bertz CT molecular complexity index is 1070. The van der Waals surface area contributed by atoms with Gasteiger partial charge in [0, 0.05) is 51.5 Å². The van der Waals surface area contributed by atoms with Crippen LogP contribution in [-0.2, 0) is 19.5 Å². The van der Waals surface area contributed by atoms with Crippen molar-refractivity contribution in [2.24, 2.45) is 5.92 Å². The molecule has 2 aliphatic rings. The maximum absolute atomic E-state index is 12.8. The third-order valence-corrected chi connectivity index (χ3v) is 6.32. The summed E-state index contributed by atoms with van der Waals surface area (Å²) >= 11 is 0. The molecule has 7 heteroatoms. The molecular formula is C24H28N6O. The predicted octanol–water partition coefficient (Wildman–Crippen LogP) is 2.50. The summed E-state index contributed by atoms with van der Waals surface area (Å²) in [6, 6.07) is 10.7. The molecule has 1 saturated heterocycles. The molecule has 2 aliphatic heterocycles. The number of piperidine rings is 1. The second-order valence-electron chi connectivity index (χ2n) is 8.64. The molecular weight excluding hydrogens is 388 g/mol. The fourth-order valence-corrected chi connectivity index (χ4v) is 4.83. The lowest BCUT2D eigenvalue weighted by Crippen LogP contribution is -2.43. The highest BCUT2D eigenvalue weighted by Gasteiger charge is 2.26. The molecule has 0 spiro atoms. The zero-order chi connectivity index (χ0) is 21.0. The number of benzene rings is 1. The van der Waals surface area contributed by atoms with Crippen molar-refractivity contribution in [3.8, 4) is 11.5 Å². The van der Waals surface area contributed by atoms with Crippen molar-refractivity contribution in [1.29, 1.82) is 0 Å². The third-order valence-electron chi connectivity index (χ3n) is 6.32. The average molecular weight is 417 g/mol. The summed E-state index contributed by atoms with van der Waals surface area (Å²) in [5.41, 5.74) is 3.63. The van der Waals surface area contributed by atoms with Gasteiger partial charge < -0.3 is 4.98 Å². The summed E-state index contributed by atoms with van der Waals surface area (Å²) in [7, 11) is 0. The molecule has 0 aliphatic carbocycles. The van der Waals surface area contributed by atoms with Crippen molar-refractivity contribution in [2.75, 3.05) is 26.2 Å². The summed E-state index contributed by atoms with van der Waals surface area (Å²) in [6.07, 6.45) is 8.16. The summed E-state index contributed by atoms with van der Waals surface area (Å²) in [4.78, 5) is 33.7. The van der Waals surface area contributed by atoms with Crippen LogP contribution >= 0.6 is 0 Å². The van der Waals surface area contributed by atoms with Crippen LogP contribution in [0, 0.1) is 5.92 Å². The van der Waals surface area contributed by atoms with Crippen molar-refractivity contribution in [1.82, 2.24) is 29.7 Å². The van der Waals surface area contributed by atoms with E-state index < -0.39 is 0 Å². The Kier molecular flexibility index (Phi) is 5.86. The molecule has 3 aromatic rings. The number of aromatic amines is 1. The van der Waals surface area contributed by atoms with E-state index in [4.69, 9.17) is 4.98 Å². The van der Waals surface area contributed by atoms with E-state index in [2.05, 4.69) is 55.1 Å². The van der Waals surface area contributed by atoms with Gasteiger partial charge >= 0.3 is 0 Å². The number of hydrogen-bond donors (Lipinski definition) is 1. The zero-order valence-electron chi connectivity index (χ0n) is 17.7. The number of rotatable bonds is 5. The van der Waals surface area contributed by atoms with Crippen LogP contribution in [0.2, 0.25) is 0 Å². The van der Waals surface area contributed by atoms with Gasteiger partial charge in [-0.3, -0.25) is 19.6 Å². The van der Waals surface area contributed by atoms with Crippen LogP contribution in [0.5, 0.6) is 0 Å². The Hall–Kier alpha value is -2.90. The van der Waals surface area contributed by atoms with E-state index in [1.807, 2.05) is 0 Å². The Morgan fingerprint density at radius 1 is 1.10 bits per heavy atom. The van der Waals surface area contributed by atoms with Gasteiger partial charge in [0.2, 0.25) is 0 Å². The van der Waals surface area contributed by atoms with Crippen molar-refractivity contribution < 1.29 is 0 Å². The first-order chi connectivity index (χ1) is 15.2. The van der Waals surface area contributed by atoms with Crippen LogP contribution in [0.4, 0.5) is 0 Å².